The number of aromatic amines is 1. The second-order valence-electron chi connectivity index (χ2n) is 6.01. The van der Waals surface area contributed by atoms with Crippen LogP contribution in [0.5, 0.6) is 0 Å². The van der Waals surface area contributed by atoms with Crippen molar-refractivity contribution in [2.45, 2.75) is 20.3 Å². The SMILES string of the molecule is CC(C)Cc1cc(-c2nn3c(-c4ccc(Br)cc4)nnc3s2)n[nH]1. The van der Waals surface area contributed by atoms with Gasteiger partial charge >= 0.3 is 0 Å². The molecule has 24 heavy (non-hydrogen) atoms. The average Bonchev–Trinajstić information content (AvgIpc) is 3.22. The predicted molar refractivity (Wildman–Crippen MR) is 97.9 cm³/mol. The van der Waals surface area contributed by atoms with Gasteiger partial charge in [-0.05, 0) is 30.5 Å². The molecule has 0 unspecified atom stereocenters. The fraction of sp³-hybridized carbons (Fsp3) is 0.250. The van der Waals surface area contributed by atoms with Crippen LogP contribution in [0.1, 0.15) is 19.5 Å². The molecule has 6 nitrogen and oxygen atoms in total. The lowest BCUT2D eigenvalue weighted by atomic mass is 10.1. The van der Waals surface area contributed by atoms with E-state index in [9.17, 15) is 0 Å². The Morgan fingerprint density at radius 3 is 2.75 bits per heavy atom. The average molecular weight is 403 g/mol. The maximum Gasteiger partial charge on any atom is 0.235 e. The molecule has 0 amide bonds. The fourth-order valence-corrected chi connectivity index (χ4v) is 3.58. The third-order valence-electron chi connectivity index (χ3n) is 3.57. The molecule has 0 fully saturated rings. The van der Waals surface area contributed by atoms with Crippen LogP contribution in [0.25, 0.3) is 27.1 Å². The topological polar surface area (TPSA) is 71.8 Å². The van der Waals surface area contributed by atoms with Crippen molar-refractivity contribution < 1.29 is 0 Å². The van der Waals surface area contributed by atoms with E-state index < -0.39 is 0 Å². The summed E-state index contributed by atoms with van der Waals surface area (Å²) >= 11 is 4.93. The van der Waals surface area contributed by atoms with E-state index >= 15 is 0 Å². The van der Waals surface area contributed by atoms with Gasteiger partial charge in [0.25, 0.3) is 0 Å². The Labute approximate surface area is 151 Å². The van der Waals surface area contributed by atoms with Gasteiger partial charge in [0.1, 0.15) is 5.69 Å². The van der Waals surface area contributed by atoms with Crippen LogP contribution in [-0.4, -0.2) is 30.0 Å². The Kier molecular flexibility index (Phi) is 3.93. The lowest BCUT2D eigenvalue weighted by Crippen LogP contribution is -1.93. The van der Waals surface area contributed by atoms with E-state index in [1.807, 2.05) is 24.3 Å². The van der Waals surface area contributed by atoms with Gasteiger partial charge in [-0.25, -0.2) is 0 Å². The highest BCUT2D eigenvalue weighted by atomic mass is 79.9. The number of hydrogen-bond acceptors (Lipinski definition) is 5. The van der Waals surface area contributed by atoms with E-state index in [0.717, 1.165) is 43.6 Å². The first-order valence-corrected chi connectivity index (χ1v) is 9.24. The number of H-pyrrole nitrogens is 1. The van der Waals surface area contributed by atoms with Gasteiger partial charge in [0.15, 0.2) is 10.8 Å². The summed E-state index contributed by atoms with van der Waals surface area (Å²) in [7, 11) is 0. The van der Waals surface area contributed by atoms with Crippen molar-refractivity contribution in [3.05, 3.63) is 40.5 Å². The lowest BCUT2D eigenvalue weighted by Gasteiger charge is -1.98. The summed E-state index contributed by atoms with van der Waals surface area (Å²) in [5.74, 6) is 1.32. The van der Waals surface area contributed by atoms with Crippen molar-refractivity contribution in [1.82, 2.24) is 30.0 Å². The van der Waals surface area contributed by atoms with Gasteiger partial charge < -0.3 is 0 Å². The van der Waals surface area contributed by atoms with Crippen molar-refractivity contribution in [2.75, 3.05) is 0 Å². The van der Waals surface area contributed by atoms with Gasteiger partial charge in [0.2, 0.25) is 4.96 Å². The summed E-state index contributed by atoms with van der Waals surface area (Å²) in [6.45, 7) is 4.38. The molecule has 4 aromatic rings. The van der Waals surface area contributed by atoms with Gasteiger partial charge in [-0.15, -0.1) is 10.2 Å². The number of benzene rings is 1. The molecule has 0 aliphatic rings. The molecule has 0 radical (unpaired) electrons. The molecule has 1 N–H and O–H groups in total. The van der Waals surface area contributed by atoms with Crippen LogP contribution >= 0.6 is 27.3 Å². The van der Waals surface area contributed by atoms with Crippen molar-refractivity contribution in [3.63, 3.8) is 0 Å². The third-order valence-corrected chi connectivity index (χ3v) is 5.02. The van der Waals surface area contributed by atoms with Gasteiger partial charge in [-0.2, -0.15) is 14.7 Å². The molecule has 0 bridgehead atoms. The Morgan fingerprint density at radius 1 is 1.21 bits per heavy atom. The molecule has 4 rings (SSSR count). The lowest BCUT2D eigenvalue weighted by molar-refractivity contribution is 0.633. The number of nitrogens with one attached hydrogen (secondary N) is 1. The number of aromatic nitrogens is 6. The monoisotopic (exact) mass is 402 g/mol. The van der Waals surface area contributed by atoms with Crippen LogP contribution in [0.2, 0.25) is 0 Å². The molecule has 3 aromatic heterocycles. The Hall–Kier alpha value is -2.06. The normalized spacial score (nSPS) is 11.7. The van der Waals surface area contributed by atoms with Crippen molar-refractivity contribution in [1.29, 1.82) is 0 Å². The van der Waals surface area contributed by atoms with Gasteiger partial charge in [-0.1, -0.05) is 53.2 Å². The molecule has 3 heterocycles. The molecular formula is C16H15BrN6S. The molecule has 0 aliphatic heterocycles. The smallest absolute Gasteiger partial charge is 0.235 e. The zero-order chi connectivity index (χ0) is 16.7. The summed E-state index contributed by atoms with van der Waals surface area (Å²) in [5, 5.41) is 21.5. The van der Waals surface area contributed by atoms with E-state index in [-0.39, 0.29) is 0 Å². The number of nitrogens with zero attached hydrogens (tertiary/aromatic N) is 5. The first-order valence-electron chi connectivity index (χ1n) is 7.63. The van der Waals surface area contributed by atoms with Crippen LogP contribution in [0, 0.1) is 5.92 Å². The zero-order valence-corrected chi connectivity index (χ0v) is 15.6. The second kappa shape index (κ2) is 6.10. The highest BCUT2D eigenvalue weighted by Gasteiger charge is 2.16. The molecule has 8 heteroatoms. The number of hydrogen-bond donors (Lipinski definition) is 1. The largest absolute Gasteiger partial charge is 0.282 e. The molecule has 1 aromatic carbocycles. The molecule has 122 valence electrons. The summed E-state index contributed by atoms with van der Waals surface area (Å²) < 4.78 is 2.81. The van der Waals surface area contributed by atoms with E-state index in [1.54, 1.807) is 4.52 Å². The summed E-state index contributed by atoms with van der Waals surface area (Å²) in [5.41, 5.74) is 2.95. The maximum absolute atomic E-state index is 4.65. The maximum atomic E-state index is 4.65. The highest BCUT2D eigenvalue weighted by Crippen LogP contribution is 2.28. The summed E-state index contributed by atoms with van der Waals surface area (Å²) in [6.07, 6.45) is 0.973. The Bertz CT molecular complexity index is 982. The standard InChI is InChI=1S/C16H15BrN6S/c1-9(2)7-12-8-13(19-18-12)15-22-23-14(20-21-16(23)24-15)10-3-5-11(17)6-4-10/h3-6,8-9H,7H2,1-2H3,(H,18,19). The minimum Gasteiger partial charge on any atom is -0.282 e. The third kappa shape index (κ3) is 2.87. The van der Waals surface area contributed by atoms with E-state index in [1.165, 1.54) is 11.3 Å². The van der Waals surface area contributed by atoms with Crippen LogP contribution in [0.15, 0.2) is 34.8 Å². The Balaban J connectivity index is 1.71. The molecule has 0 aliphatic carbocycles. The van der Waals surface area contributed by atoms with Crippen molar-refractivity contribution in [3.8, 4) is 22.1 Å². The fourth-order valence-electron chi connectivity index (χ4n) is 2.51. The predicted octanol–water partition coefficient (Wildman–Crippen LogP) is 4.20. The summed E-state index contributed by atoms with van der Waals surface area (Å²) in [4.78, 5) is 0.760. The number of halogens is 1. The van der Waals surface area contributed by atoms with Crippen molar-refractivity contribution in [2.24, 2.45) is 5.92 Å². The van der Waals surface area contributed by atoms with E-state index in [0.29, 0.717) is 5.92 Å². The molecule has 0 saturated heterocycles. The first-order chi connectivity index (χ1) is 11.6. The van der Waals surface area contributed by atoms with E-state index in [2.05, 4.69) is 61.3 Å². The second-order valence-corrected chi connectivity index (χ2v) is 7.88. The molecule has 0 saturated carbocycles. The van der Waals surface area contributed by atoms with Crippen molar-refractivity contribution >= 4 is 32.2 Å². The van der Waals surface area contributed by atoms with Gasteiger partial charge in [0.05, 0.1) is 0 Å². The molecular weight excluding hydrogens is 388 g/mol. The first kappa shape index (κ1) is 15.5. The van der Waals surface area contributed by atoms with Gasteiger partial charge in [-0.3, -0.25) is 5.10 Å². The molecule has 0 spiro atoms. The van der Waals surface area contributed by atoms with Crippen LogP contribution in [-0.2, 0) is 6.42 Å². The minimum absolute atomic E-state index is 0.583. The summed E-state index contributed by atoms with van der Waals surface area (Å²) in [6, 6.07) is 10.0. The van der Waals surface area contributed by atoms with Crippen LogP contribution in [0.3, 0.4) is 0 Å². The van der Waals surface area contributed by atoms with Gasteiger partial charge in [0, 0.05) is 15.7 Å². The van der Waals surface area contributed by atoms with E-state index in [4.69, 9.17) is 0 Å². The number of rotatable bonds is 4. The minimum atomic E-state index is 0.583. The van der Waals surface area contributed by atoms with Crippen LogP contribution in [0.4, 0.5) is 0 Å². The van der Waals surface area contributed by atoms with Crippen LogP contribution < -0.4 is 0 Å². The quantitative estimate of drug-likeness (QED) is 0.554. The highest BCUT2D eigenvalue weighted by molar-refractivity contribution is 9.10. The zero-order valence-electron chi connectivity index (χ0n) is 13.2. The molecule has 0 atom stereocenters. The Morgan fingerprint density at radius 2 is 2.00 bits per heavy atom. The number of fused-ring (bicyclic) bond motifs is 1.